The number of ether oxygens (including phenoxy) is 2. The maximum absolute atomic E-state index is 5.53. The molecule has 22 heavy (non-hydrogen) atoms. The van der Waals surface area contributed by atoms with Crippen LogP contribution in [-0.4, -0.2) is 20.3 Å². The van der Waals surface area contributed by atoms with Crippen LogP contribution in [0.2, 0.25) is 0 Å². The number of hydrogen-bond acceptors (Lipinski definition) is 2. The Bertz CT molecular complexity index is 615. The lowest BCUT2D eigenvalue weighted by molar-refractivity contribution is 0.146. The Morgan fingerprint density at radius 2 is 1.41 bits per heavy atom. The lowest BCUT2D eigenvalue weighted by atomic mass is 10.1. The molecule has 0 N–H and O–H groups in total. The molecule has 0 bridgehead atoms. The van der Waals surface area contributed by atoms with E-state index in [1.807, 2.05) is 24.3 Å². The van der Waals surface area contributed by atoms with Crippen molar-refractivity contribution in [3.8, 4) is 17.6 Å². The zero-order chi connectivity index (χ0) is 15.6. The maximum Gasteiger partial charge on any atom is 0.119 e. The number of hydrogen-bond donors (Lipinski definition) is 0. The van der Waals surface area contributed by atoms with Gasteiger partial charge in [-0.15, -0.1) is 0 Å². The average Bonchev–Trinajstić information content (AvgIpc) is 2.56. The van der Waals surface area contributed by atoms with Gasteiger partial charge >= 0.3 is 0 Å². The molecule has 0 aliphatic carbocycles. The highest BCUT2D eigenvalue weighted by atomic mass is 16.5. The Kier molecular flexibility index (Phi) is 6.54. The van der Waals surface area contributed by atoms with Gasteiger partial charge in [-0.05, 0) is 48.4 Å². The Morgan fingerprint density at radius 1 is 0.818 bits per heavy atom. The third kappa shape index (κ3) is 5.27. The van der Waals surface area contributed by atoms with E-state index < -0.39 is 0 Å². The van der Waals surface area contributed by atoms with Gasteiger partial charge < -0.3 is 9.47 Å². The quantitative estimate of drug-likeness (QED) is 0.591. The molecule has 0 unspecified atom stereocenters. The van der Waals surface area contributed by atoms with Crippen molar-refractivity contribution in [3.63, 3.8) is 0 Å². The molecule has 0 radical (unpaired) electrons. The van der Waals surface area contributed by atoms with Crippen LogP contribution in [0.4, 0.5) is 0 Å². The lowest BCUT2D eigenvalue weighted by Crippen LogP contribution is -2.03. The Hall–Kier alpha value is -2.24. The minimum atomic E-state index is 0.561. The lowest BCUT2D eigenvalue weighted by Gasteiger charge is -2.04. The fraction of sp³-hybridized carbons (Fsp3) is 0.300. The second kappa shape index (κ2) is 8.92. The van der Waals surface area contributed by atoms with Crippen molar-refractivity contribution in [2.24, 2.45) is 0 Å². The Labute approximate surface area is 133 Å². The molecule has 0 aromatic heterocycles. The van der Waals surface area contributed by atoms with Crippen molar-refractivity contribution in [1.29, 1.82) is 0 Å². The number of rotatable bonds is 6. The largest absolute Gasteiger partial charge is 0.491 e. The monoisotopic (exact) mass is 294 g/mol. The van der Waals surface area contributed by atoms with E-state index in [-0.39, 0.29) is 0 Å². The van der Waals surface area contributed by atoms with Gasteiger partial charge in [0.05, 0.1) is 6.61 Å². The molecule has 0 atom stereocenters. The van der Waals surface area contributed by atoms with E-state index in [2.05, 4.69) is 43.0 Å². The van der Waals surface area contributed by atoms with Gasteiger partial charge in [0.2, 0.25) is 0 Å². The van der Waals surface area contributed by atoms with Crippen LogP contribution in [0.1, 0.15) is 30.0 Å². The summed E-state index contributed by atoms with van der Waals surface area (Å²) in [5.74, 6) is 7.21. The molecule has 0 aliphatic rings. The van der Waals surface area contributed by atoms with Crippen LogP contribution in [0.25, 0.3) is 0 Å². The molecule has 0 spiro atoms. The van der Waals surface area contributed by atoms with Crippen LogP contribution < -0.4 is 4.74 Å². The SMILES string of the molecule is CCCc1ccc(C#Cc2ccc(OCCOC)cc2)cc1. The van der Waals surface area contributed by atoms with Crippen LogP contribution >= 0.6 is 0 Å². The van der Waals surface area contributed by atoms with Crippen molar-refractivity contribution >= 4 is 0 Å². The van der Waals surface area contributed by atoms with E-state index in [0.717, 1.165) is 23.3 Å². The van der Waals surface area contributed by atoms with E-state index >= 15 is 0 Å². The number of benzene rings is 2. The predicted molar refractivity (Wildman–Crippen MR) is 90.2 cm³/mol. The summed E-state index contributed by atoms with van der Waals surface area (Å²) >= 11 is 0. The zero-order valence-corrected chi connectivity index (χ0v) is 13.3. The standard InChI is InChI=1S/C20H22O2/c1-3-4-17-5-7-18(8-6-17)9-10-19-11-13-20(14-12-19)22-16-15-21-2/h5-8,11-14H,3-4,15-16H2,1-2H3. The minimum Gasteiger partial charge on any atom is -0.491 e. The van der Waals surface area contributed by atoms with E-state index in [1.54, 1.807) is 7.11 Å². The van der Waals surface area contributed by atoms with E-state index in [1.165, 1.54) is 12.0 Å². The first-order valence-corrected chi connectivity index (χ1v) is 7.64. The van der Waals surface area contributed by atoms with Crippen LogP contribution in [0.15, 0.2) is 48.5 Å². The normalized spacial score (nSPS) is 9.91. The van der Waals surface area contributed by atoms with Gasteiger partial charge in [-0.3, -0.25) is 0 Å². The fourth-order valence-electron chi connectivity index (χ4n) is 2.07. The van der Waals surface area contributed by atoms with Crippen molar-refractivity contribution in [2.45, 2.75) is 19.8 Å². The highest BCUT2D eigenvalue weighted by Crippen LogP contribution is 2.12. The second-order valence-electron chi connectivity index (χ2n) is 5.06. The summed E-state index contributed by atoms with van der Waals surface area (Å²) in [6, 6.07) is 16.3. The summed E-state index contributed by atoms with van der Waals surface area (Å²) in [5.41, 5.74) is 3.39. The van der Waals surface area contributed by atoms with Gasteiger partial charge in [-0.2, -0.15) is 0 Å². The van der Waals surface area contributed by atoms with Crippen LogP contribution in [0, 0.1) is 11.8 Å². The smallest absolute Gasteiger partial charge is 0.119 e. The second-order valence-corrected chi connectivity index (χ2v) is 5.06. The van der Waals surface area contributed by atoms with Crippen molar-refractivity contribution < 1.29 is 9.47 Å². The van der Waals surface area contributed by atoms with Gasteiger partial charge in [0.1, 0.15) is 12.4 Å². The van der Waals surface area contributed by atoms with E-state index in [4.69, 9.17) is 9.47 Å². The molecule has 0 saturated carbocycles. The van der Waals surface area contributed by atoms with Crippen LogP contribution in [0.3, 0.4) is 0 Å². The first-order chi connectivity index (χ1) is 10.8. The third-order valence-electron chi connectivity index (χ3n) is 3.25. The van der Waals surface area contributed by atoms with Crippen molar-refractivity contribution in [2.75, 3.05) is 20.3 Å². The summed E-state index contributed by atoms with van der Waals surface area (Å²) < 4.78 is 10.5. The molecule has 0 fully saturated rings. The number of methoxy groups -OCH3 is 1. The van der Waals surface area contributed by atoms with Gasteiger partial charge in [-0.25, -0.2) is 0 Å². The first kappa shape index (κ1) is 16.1. The number of aryl methyl sites for hydroxylation is 1. The third-order valence-corrected chi connectivity index (χ3v) is 3.25. The highest BCUT2D eigenvalue weighted by Gasteiger charge is 1.94. The van der Waals surface area contributed by atoms with Crippen LogP contribution in [0.5, 0.6) is 5.75 Å². The molecule has 2 rings (SSSR count). The Balaban J connectivity index is 1.96. The molecule has 2 aromatic carbocycles. The molecule has 0 heterocycles. The molecular formula is C20H22O2. The molecule has 2 nitrogen and oxygen atoms in total. The summed E-state index contributed by atoms with van der Waals surface area (Å²) in [6.07, 6.45) is 2.29. The molecular weight excluding hydrogens is 272 g/mol. The topological polar surface area (TPSA) is 18.5 Å². The Morgan fingerprint density at radius 3 is 1.95 bits per heavy atom. The van der Waals surface area contributed by atoms with E-state index in [9.17, 15) is 0 Å². The summed E-state index contributed by atoms with van der Waals surface area (Å²) in [5, 5.41) is 0. The summed E-state index contributed by atoms with van der Waals surface area (Å²) in [6.45, 7) is 3.34. The van der Waals surface area contributed by atoms with Crippen molar-refractivity contribution in [1.82, 2.24) is 0 Å². The van der Waals surface area contributed by atoms with Gasteiger partial charge in [0.25, 0.3) is 0 Å². The molecule has 114 valence electrons. The fourth-order valence-corrected chi connectivity index (χ4v) is 2.07. The molecule has 0 aliphatic heterocycles. The minimum absolute atomic E-state index is 0.561. The summed E-state index contributed by atoms with van der Waals surface area (Å²) in [7, 11) is 1.66. The highest BCUT2D eigenvalue weighted by molar-refractivity contribution is 5.44. The molecule has 2 heteroatoms. The van der Waals surface area contributed by atoms with Gasteiger partial charge in [0.15, 0.2) is 0 Å². The first-order valence-electron chi connectivity index (χ1n) is 7.64. The average molecular weight is 294 g/mol. The molecule has 0 amide bonds. The van der Waals surface area contributed by atoms with Crippen LogP contribution in [-0.2, 0) is 11.2 Å². The molecule has 0 saturated heterocycles. The predicted octanol–water partition coefficient (Wildman–Crippen LogP) is 4.06. The zero-order valence-electron chi connectivity index (χ0n) is 13.3. The van der Waals surface area contributed by atoms with E-state index in [0.29, 0.717) is 13.2 Å². The summed E-state index contributed by atoms with van der Waals surface area (Å²) in [4.78, 5) is 0. The van der Waals surface area contributed by atoms with Gasteiger partial charge in [-0.1, -0.05) is 37.3 Å². The molecule has 2 aromatic rings. The van der Waals surface area contributed by atoms with Crippen molar-refractivity contribution in [3.05, 3.63) is 65.2 Å². The maximum atomic E-state index is 5.53. The van der Waals surface area contributed by atoms with Gasteiger partial charge in [0, 0.05) is 18.2 Å².